The Kier molecular flexibility index (Phi) is 2.15. The van der Waals surface area contributed by atoms with Gasteiger partial charge in [0.05, 0.1) is 0 Å². The predicted octanol–water partition coefficient (Wildman–Crippen LogP) is -0.0375. The van der Waals surface area contributed by atoms with Crippen LogP contribution in [0.1, 0.15) is 0 Å². The molecule has 0 aromatic heterocycles. The van der Waals surface area contributed by atoms with Gasteiger partial charge >= 0.3 is 0 Å². The summed E-state index contributed by atoms with van der Waals surface area (Å²) in [6, 6.07) is 0. The lowest BCUT2D eigenvalue weighted by Gasteiger charge is -1.77. The van der Waals surface area contributed by atoms with Gasteiger partial charge in [0.25, 0.3) is 0 Å². The fraction of sp³-hybridized carbons (Fsp3) is 0.400. The van der Waals surface area contributed by atoms with Crippen LogP contribution in [0, 0.1) is 12.3 Å². The summed E-state index contributed by atoms with van der Waals surface area (Å²) in [6.45, 7) is 4.14. The molecule has 0 rings (SSSR count). The molecule has 1 nitrogen and oxygen atoms in total. The maximum absolute atomic E-state index is 4.90. The van der Waals surface area contributed by atoms with Crippen molar-refractivity contribution in [3.8, 4) is 12.3 Å². The van der Waals surface area contributed by atoms with E-state index in [2.05, 4.69) is 12.6 Å². The Morgan fingerprint density at radius 1 is 2.00 bits per heavy atom. The van der Waals surface area contributed by atoms with Gasteiger partial charge in [-0.3, -0.25) is 0 Å². The summed E-state index contributed by atoms with van der Waals surface area (Å²) in [5.41, 5.74) is 0. The maximum atomic E-state index is 4.90. The predicted molar refractivity (Wildman–Crippen MR) is 27.0 cm³/mol. The molecule has 0 saturated heterocycles. The Hall–Kier alpha value is -0.770. The Morgan fingerprint density at radius 3 is 2.50 bits per heavy atom. The first-order chi connectivity index (χ1) is 2.77. The highest BCUT2D eigenvalue weighted by Gasteiger charge is 1.76. The molecule has 0 atom stereocenters. The highest BCUT2D eigenvalue weighted by molar-refractivity contribution is 5.14. The third kappa shape index (κ3) is 3.23. The highest BCUT2D eigenvalue weighted by Crippen LogP contribution is 1.54. The van der Waals surface area contributed by atoms with Gasteiger partial charge in [0.15, 0.2) is 0 Å². The molecule has 0 fully saturated rings. The highest BCUT2D eigenvalue weighted by atomic mass is 14.9. The summed E-state index contributed by atoms with van der Waals surface area (Å²) >= 11 is 0. The van der Waals surface area contributed by atoms with E-state index in [0.717, 1.165) is 0 Å². The lowest BCUT2D eigenvalue weighted by atomic mass is 10.7. The summed E-state index contributed by atoms with van der Waals surface area (Å²) in [6.07, 6.45) is 4.90. The summed E-state index contributed by atoms with van der Waals surface area (Å²) < 4.78 is 1.69. The average molecular weight is 82.1 g/mol. The minimum Gasteiger partial charge on any atom is -0.234 e. The zero-order valence-electron chi connectivity index (χ0n) is 3.94. The van der Waals surface area contributed by atoms with Crippen LogP contribution in [-0.4, -0.2) is 24.9 Å². The number of rotatable bonds is 1. The van der Waals surface area contributed by atoms with E-state index in [0.29, 0.717) is 6.54 Å². The largest absolute Gasteiger partial charge is 0.234 e. The number of hydrogen-bond acceptors (Lipinski definition) is 0. The molecule has 0 aromatic rings. The van der Waals surface area contributed by atoms with Crippen LogP contribution in [0.2, 0.25) is 0 Å². The number of terminal acetylenes is 1. The normalized spacial score (nSPS) is 6.67. The van der Waals surface area contributed by atoms with Gasteiger partial charge in [-0.2, -0.15) is 0 Å². The second kappa shape index (κ2) is 2.47. The van der Waals surface area contributed by atoms with Crippen LogP contribution in [0.15, 0.2) is 0 Å². The Balaban J connectivity index is 3.13. The monoisotopic (exact) mass is 82.1 g/mol. The van der Waals surface area contributed by atoms with Crippen molar-refractivity contribution in [2.75, 3.05) is 13.6 Å². The first-order valence-electron chi connectivity index (χ1n) is 1.72. The molecule has 6 heavy (non-hydrogen) atoms. The van der Waals surface area contributed by atoms with Gasteiger partial charge in [0, 0.05) is 0 Å². The summed E-state index contributed by atoms with van der Waals surface area (Å²) in [5, 5.41) is 0. The smallest absolute Gasteiger partial charge is 0.202 e. The number of hydrogen-bond donors (Lipinski definition) is 0. The van der Waals surface area contributed by atoms with Gasteiger partial charge in [0.2, 0.25) is 6.54 Å². The molecule has 0 bridgehead atoms. The minimum atomic E-state index is 0.625. The Bertz CT molecular complexity index is 86.6. The van der Waals surface area contributed by atoms with E-state index >= 15 is 0 Å². The summed E-state index contributed by atoms with van der Waals surface area (Å²) in [5.74, 6) is 2.43. The van der Waals surface area contributed by atoms with E-state index in [-0.39, 0.29) is 0 Å². The quantitative estimate of drug-likeness (QED) is 0.237. The molecular formula is C5H8N+. The topological polar surface area (TPSA) is 3.01 Å². The zero-order chi connectivity index (χ0) is 4.99. The molecule has 32 valence electrons. The van der Waals surface area contributed by atoms with Gasteiger partial charge in [-0.1, -0.05) is 0 Å². The molecule has 1 heteroatoms. The minimum absolute atomic E-state index is 0.625. The third-order valence-corrected chi connectivity index (χ3v) is 0.361. The second-order valence-electron chi connectivity index (χ2n) is 1.22. The average Bonchev–Trinajstić information content (AvgIpc) is 1.35. The van der Waals surface area contributed by atoms with Gasteiger partial charge in [-0.25, -0.2) is 4.58 Å². The van der Waals surface area contributed by atoms with Crippen molar-refractivity contribution in [2.24, 2.45) is 0 Å². The van der Waals surface area contributed by atoms with E-state index in [1.807, 2.05) is 7.05 Å². The first-order valence-corrected chi connectivity index (χ1v) is 1.72. The molecule has 0 spiro atoms. The molecule has 0 unspecified atom stereocenters. The van der Waals surface area contributed by atoms with Crippen molar-refractivity contribution < 1.29 is 4.58 Å². The van der Waals surface area contributed by atoms with Crippen molar-refractivity contribution >= 4 is 6.72 Å². The van der Waals surface area contributed by atoms with Crippen molar-refractivity contribution in [3.63, 3.8) is 0 Å². The second-order valence-corrected chi connectivity index (χ2v) is 1.22. The van der Waals surface area contributed by atoms with Crippen LogP contribution in [0.5, 0.6) is 0 Å². The van der Waals surface area contributed by atoms with Crippen molar-refractivity contribution in [1.29, 1.82) is 0 Å². The van der Waals surface area contributed by atoms with Crippen molar-refractivity contribution in [3.05, 3.63) is 0 Å². The molecule has 0 radical (unpaired) electrons. The molecule has 0 heterocycles. The van der Waals surface area contributed by atoms with Crippen LogP contribution in [0.3, 0.4) is 0 Å². The van der Waals surface area contributed by atoms with Crippen LogP contribution >= 0.6 is 0 Å². The van der Waals surface area contributed by atoms with Crippen LogP contribution < -0.4 is 0 Å². The maximum Gasteiger partial charge on any atom is 0.202 e. The molecule has 0 saturated carbocycles. The molecule has 0 aliphatic heterocycles. The Labute approximate surface area is 38.3 Å². The molecule has 0 aromatic carbocycles. The lowest BCUT2D eigenvalue weighted by Crippen LogP contribution is -1.99. The van der Waals surface area contributed by atoms with E-state index in [1.54, 1.807) is 4.58 Å². The fourth-order valence-electron chi connectivity index (χ4n) is 0.156. The van der Waals surface area contributed by atoms with Crippen molar-refractivity contribution in [2.45, 2.75) is 0 Å². The van der Waals surface area contributed by atoms with E-state index in [9.17, 15) is 0 Å². The summed E-state index contributed by atoms with van der Waals surface area (Å²) in [7, 11) is 1.83. The first kappa shape index (κ1) is 5.23. The molecule has 0 amide bonds. The fourth-order valence-corrected chi connectivity index (χ4v) is 0.156. The van der Waals surface area contributed by atoms with E-state index < -0.39 is 0 Å². The van der Waals surface area contributed by atoms with Gasteiger partial charge < -0.3 is 0 Å². The van der Waals surface area contributed by atoms with E-state index in [4.69, 9.17) is 6.42 Å². The third-order valence-electron chi connectivity index (χ3n) is 0.361. The standard InChI is InChI=1S/C5H8N/c1-4-5-6(2)3/h1H,2,5H2,3H3/q+1. The molecule has 0 N–H and O–H groups in total. The van der Waals surface area contributed by atoms with Gasteiger partial charge in [0.1, 0.15) is 13.8 Å². The van der Waals surface area contributed by atoms with Crippen molar-refractivity contribution in [1.82, 2.24) is 0 Å². The lowest BCUT2D eigenvalue weighted by molar-refractivity contribution is -0.474. The number of nitrogens with zero attached hydrogens (tertiary/aromatic N) is 1. The van der Waals surface area contributed by atoms with Gasteiger partial charge in [-0.05, 0) is 5.92 Å². The van der Waals surface area contributed by atoms with Gasteiger partial charge in [-0.15, -0.1) is 6.42 Å². The zero-order valence-corrected chi connectivity index (χ0v) is 3.94. The van der Waals surface area contributed by atoms with Crippen LogP contribution in [0.4, 0.5) is 0 Å². The molecule has 0 aliphatic rings. The molecular weight excluding hydrogens is 74.1 g/mol. The summed E-state index contributed by atoms with van der Waals surface area (Å²) in [4.78, 5) is 0. The Morgan fingerprint density at radius 2 is 2.50 bits per heavy atom. The van der Waals surface area contributed by atoms with Crippen LogP contribution in [0.25, 0.3) is 0 Å². The molecule has 0 aliphatic carbocycles. The van der Waals surface area contributed by atoms with Crippen LogP contribution in [-0.2, 0) is 0 Å². The van der Waals surface area contributed by atoms with E-state index in [1.165, 1.54) is 0 Å². The SMILES string of the molecule is C#CC[N+](=C)C.